The van der Waals surface area contributed by atoms with Gasteiger partial charge in [0.05, 0.1) is 24.3 Å². The van der Waals surface area contributed by atoms with Gasteiger partial charge in [-0.05, 0) is 66.8 Å². The van der Waals surface area contributed by atoms with E-state index < -0.39 is 29.8 Å². The van der Waals surface area contributed by atoms with E-state index in [1.807, 2.05) is 49.4 Å². The van der Waals surface area contributed by atoms with Crippen LogP contribution >= 0.6 is 0 Å². The molecule has 230 valence electrons. The third kappa shape index (κ3) is 8.78. The molecule has 0 saturated heterocycles. The second-order valence-electron chi connectivity index (χ2n) is 10.4. The van der Waals surface area contributed by atoms with E-state index in [2.05, 4.69) is 10.6 Å². The number of ketones is 1. The standard InChI is InChI=1S/C35H35F3N2O4/c1-3-44-29-19-26(31-15-8-7-14-30(31)23(2)41)18-27(20-29)34(43)40-32(17-24-10-5-4-6-11-24)33(42)22-39-21-25-12-9-13-28(16-25)35(36,37)38/h4-16,18-20,32-33,39,42H,3,17,21-22H2,1-2H3,(H,40,43)/t32-,33+/m0/s1. The predicted molar refractivity (Wildman–Crippen MR) is 164 cm³/mol. The Labute approximate surface area is 254 Å². The molecule has 4 aromatic rings. The van der Waals surface area contributed by atoms with Crippen LogP contribution in [0, 0.1) is 0 Å². The average molecular weight is 605 g/mol. The lowest BCUT2D eigenvalue weighted by atomic mass is 9.95. The summed E-state index contributed by atoms with van der Waals surface area (Å²) >= 11 is 0. The van der Waals surface area contributed by atoms with Crippen LogP contribution in [0.15, 0.2) is 97.1 Å². The third-order valence-electron chi connectivity index (χ3n) is 7.11. The monoisotopic (exact) mass is 604 g/mol. The number of aliphatic hydroxyl groups is 1. The van der Waals surface area contributed by atoms with E-state index >= 15 is 0 Å². The molecule has 0 aliphatic carbocycles. The number of rotatable bonds is 13. The van der Waals surface area contributed by atoms with Gasteiger partial charge in [-0.1, -0.05) is 72.8 Å². The van der Waals surface area contributed by atoms with Crippen molar-refractivity contribution < 1.29 is 32.6 Å². The van der Waals surface area contributed by atoms with E-state index in [0.29, 0.717) is 41.0 Å². The van der Waals surface area contributed by atoms with Crippen molar-refractivity contribution in [1.29, 1.82) is 0 Å². The molecule has 6 nitrogen and oxygen atoms in total. The molecular formula is C35H35F3N2O4. The topological polar surface area (TPSA) is 87.7 Å². The third-order valence-corrected chi connectivity index (χ3v) is 7.11. The van der Waals surface area contributed by atoms with Gasteiger partial charge in [-0.25, -0.2) is 0 Å². The van der Waals surface area contributed by atoms with Crippen molar-refractivity contribution in [3.05, 3.63) is 125 Å². The molecule has 0 fully saturated rings. The Morgan fingerprint density at radius 1 is 0.886 bits per heavy atom. The molecule has 0 aliphatic rings. The summed E-state index contributed by atoms with van der Waals surface area (Å²) in [6.45, 7) is 3.79. The van der Waals surface area contributed by atoms with Crippen LogP contribution in [0.5, 0.6) is 5.75 Å². The number of carbonyl (C=O) groups excluding carboxylic acids is 2. The van der Waals surface area contributed by atoms with E-state index in [1.54, 1.807) is 36.4 Å². The summed E-state index contributed by atoms with van der Waals surface area (Å²) in [4.78, 5) is 26.0. The van der Waals surface area contributed by atoms with Crippen LogP contribution in [0.25, 0.3) is 11.1 Å². The van der Waals surface area contributed by atoms with Crippen molar-refractivity contribution in [3.8, 4) is 16.9 Å². The maximum atomic E-state index is 13.7. The molecule has 4 rings (SSSR count). The molecule has 9 heteroatoms. The largest absolute Gasteiger partial charge is 0.494 e. The van der Waals surface area contributed by atoms with E-state index in [4.69, 9.17) is 4.74 Å². The smallest absolute Gasteiger partial charge is 0.416 e. The van der Waals surface area contributed by atoms with Gasteiger partial charge < -0.3 is 20.5 Å². The Balaban J connectivity index is 1.56. The van der Waals surface area contributed by atoms with Gasteiger partial charge in [0.2, 0.25) is 0 Å². The number of ether oxygens (including phenoxy) is 1. The van der Waals surface area contributed by atoms with Crippen molar-refractivity contribution in [1.82, 2.24) is 10.6 Å². The second-order valence-corrected chi connectivity index (χ2v) is 10.4. The van der Waals surface area contributed by atoms with Crippen molar-refractivity contribution in [2.45, 2.75) is 45.1 Å². The number of halogens is 3. The molecule has 0 heterocycles. The SMILES string of the molecule is CCOc1cc(C(=O)N[C@@H](Cc2ccccc2)[C@H](O)CNCc2cccc(C(F)(F)F)c2)cc(-c2ccccc2C(C)=O)c1. The summed E-state index contributed by atoms with van der Waals surface area (Å²) in [6, 6.07) is 25.8. The van der Waals surface area contributed by atoms with Gasteiger partial charge in [-0.3, -0.25) is 9.59 Å². The number of hydrogen-bond acceptors (Lipinski definition) is 5. The minimum atomic E-state index is -4.45. The fraction of sp³-hybridized carbons (Fsp3) is 0.257. The lowest BCUT2D eigenvalue weighted by Crippen LogP contribution is -2.48. The first kappa shape index (κ1) is 32.4. The van der Waals surface area contributed by atoms with Crippen molar-refractivity contribution in [2.75, 3.05) is 13.2 Å². The lowest BCUT2D eigenvalue weighted by Gasteiger charge is -2.25. The molecule has 0 radical (unpaired) electrons. The Morgan fingerprint density at radius 3 is 2.30 bits per heavy atom. The van der Waals surface area contributed by atoms with Gasteiger partial charge >= 0.3 is 6.18 Å². The highest BCUT2D eigenvalue weighted by atomic mass is 19.4. The number of alkyl halides is 3. The molecule has 4 aromatic carbocycles. The normalized spacial score (nSPS) is 12.8. The summed E-state index contributed by atoms with van der Waals surface area (Å²) in [6.07, 6.45) is -5.21. The summed E-state index contributed by atoms with van der Waals surface area (Å²) in [7, 11) is 0. The van der Waals surface area contributed by atoms with E-state index in [9.17, 15) is 27.9 Å². The molecule has 0 saturated carbocycles. The number of Topliss-reactive ketones (excluding diaryl/α,β-unsaturated/α-hetero) is 1. The quantitative estimate of drug-likeness (QED) is 0.152. The van der Waals surface area contributed by atoms with E-state index in [1.165, 1.54) is 13.0 Å². The average Bonchev–Trinajstić information content (AvgIpc) is 3.01. The Kier molecular flexibility index (Phi) is 10.9. The molecule has 44 heavy (non-hydrogen) atoms. The Hall–Kier alpha value is -4.47. The zero-order valence-corrected chi connectivity index (χ0v) is 24.5. The van der Waals surface area contributed by atoms with Gasteiger partial charge in [-0.15, -0.1) is 0 Å². The van der Waals surface area contributed by atoms with Gasteiger partial charge in [0, 0.05) is 24.2 Å². The van der Waals surface area contributed by atoms with Crippen LogP contribution in [0.2, 0.25) is 0 Å². The maximum absolute atomic E-state index is 13.7. The Bertz CT molecular complexity index is 1570. The molecule has 2 atom stereocenters. The van der Waals surface area contributed by atoms with Crippen LogP contribution in [-0.2, 0) is 19.1 Å². The minimum Gasteiger partial charge on any atom is -0.494 e. The molecule has 0 bridgehead atoms. The van der Waals surface area contributed by atoms with Gasteiger partial charge in [-0.2, -0.15) is 13.2 Å². The van der Waals surface area contributed by atoms with Crippen LogP contribution < -0.4 is 15.4 Å². The van der Waals surface area contributed by atoms with Crippen LogP contribution in [-0.4, -0.2) is 42.1 Å². The van der Waals surface area contributed by atoms with Crippen molar-refractivity contribution >= 4 is 11.7 Å². The molecule has 0 aromatic heterocycles. The van der Waals surface area contributed by atoms with Crippen LogP contribution in [0.1, 0.15) is 51.3 Å². The summed E-state index contributed by atoms with van der Waals surface area (Å²) in [5, 5.41) is 17.1. The number of aliphatic hydroxyl groups excluding tert-OH is 1. The van der Waals surface area contributed by atoms with Gasteiger partial charge in [0.15, 0.2) is 5.78 Å². The summed E-state index contributed by atoms with van der Waals surface area (Å²) < 4.78 is 45.1. The fourth-order valence-electron chi connectivity index (χ4n) is 4.94. The van der Waals surface area contributed by atoms with Crippen LogP contribution in [0.3, 0.4) is 0 Å². The number of amides is 1. The minimum absolute atomic E-state index is 0.0181. The molecule has 0 spiro atoms. The molecule has 0 unspecified atom stereocenters. The molecular weight excluding hydrogens is 569 g/mol. The zero-order valence-electron chi connectivity index (χ0n) is 24.5. The first-order valence-electron chi connectivity index (χ1n) is 14.3. The Morgan fingerprint density at radius 2 is 1.59 bits per heavy atom. The van der Waals surface area contributed by atoms with Crippen molar-refractivity contribution in [3.63, 3.8) is 0 Å². The lowest BCUT2D eigenvalue weighted by molar-refractivity contribution is -0.137. The highest BCUT2D eigenvalue weighted by molar-refractivity contribution is 6.02. The summed E-state index contributed by atoms with van der Waals surface area (Å²) in [5.74, 6) is -0.112. The highest BCUT2D eigenvalue weighted by Crippen LogP contribution is 2.30. The number of carbonyl (C=O) groups is 2. The number of benzene rings is 4. The second kappa shape index (κ2) is 14.8. The molecule has 1 amide bonds. The zero-order chi connectivity index (χ0) is 31.7. The predicted octanol–water partition coefficient (Wildman–Crippen LogP) is 6.47. The highest BCUT2D eigenvalue weighted by Gasteiger charge is 2.30. The number of nitrogens with one attached hydrogen (secondary N) is 2. The van der Waals surface area contributed by atoms with E-state index in [0.717, 1.165) is 17.7 Å². The first-order chi connectivity index (χ1) is 21.0. The van der Waals surface area contributed by atoms with Crippen molar-refractivity contribution in [2.24, 2.45) is 0 Å². The van der Waals surface area contributed by atoms with Crippen LogP contribution in [0.4, 0.5) is 13.2 Å². The van der Waals surface area contributed by atoms with E-state index in [-0.39, 0.29) is 24.4 Å². The molecule has 0 aliphatic heterocycles. The van der Waals surface area contributed by atoms with Gasteiger partial charge in [0.1, 0.15) is 5.75 Å². The fourth-order valence-corrected chi connectivity index (χ4v) is 4.94. The first-order valence-corrected chi connectivity index (χ1v) is 14.3. The maximum Gasteiger partial charge on any atom is 0.416 e. The molecule has 3 N–H and O–H groups in total. The number of hydrogen-bond donors (Lipinski definition) is 3. The van der Waals surface area contributed by atoms with Gasteiger partial charge in [0.25, 0.3) is 5.91 Å². The summed E-state index contributed by atoms with van der Waals surface area (Å²) in [5.41, 5.74) is 2.65.